The van der Waals surface area contributed by atoms with Crippen LogP contribution in [-0.2, 0) is 22.9 Å². The van der Waals surface area contributed by atoms with E-state index in [9.17, 15) is 8.42 Å². The van der Waals surface area contributed by atoms with Crippen LogP contribution in [0.1, 0.15) is 49.4 Å². The Kier molecular flexibility index (Phi) is 6.26. The van der Waals surface area contributed by atoms with E-state index < -0.39 is 10.0 Å². The van der Waals surface area contributed by atoms with E-state index in [1.165, 1.54) is 22.2 Å². The molecule has 2 aliphatic rings. The predicted molar refractivity (Wildman–Crippen MR) is 138 cm³/mol. The largest absolute Gasteiger partial charge is 0.353 e. The Morgan fingerprint density at radius 1 is 1.09 bits per heavy atom. The summed E-state index contributed by atoms with van der Waals surface area (Å²) in [6.07, 6.45) is 3.39. The molecule has 176 valence electrons. The molecule has 0 radical (unpaired) electrons. The molecule has 3 aromatic rings. The molecular weight excluding hydrogens is 520 g/mol. The van der Waals surface area contributed by atoms with E-state index in [-0.39, 0.29) is 5.92 Å². The first-order chi connectivity index (χ1) is 15.7. The summed E-state index contributed by atoms with van der Waals surface area (Å²) in [5, 5.41) is 1.20. The number of thiophene rings is 1. The van der Waals surface area contributed by atoms with Crippen LogP contribution in [0.15, 0.2) is 33.6 Å². The van der Waals surface area contributed by atoms with Crippen molar-refractivity contribution >= 4 is 53.3 Å². The minimum Gasteiger partial charge on any atom is -0.353 e. The van der Waals surface area contributed by atoms with Gasteiger partial charge in [-0.1, -0.05) is 36.7 Å². The number of aryl methyl sites for hydroxylation is 1. The summed E-state index contributed by atoms with van der Waals surface area (Å²) < 4.78 is 28.8. The third kappa shape index (κ3) is 4.33. The summed E-state index contributed by atoms with van der Waals surface area (Å²) in [4.78, 5) is 15.1. The van der Waals surface area contributed by atoms with Crippen molar-refractivity contribution in [1.29, 1.82) is 0 Å². The molecule has 0 spiro atoms. The van der Waals surface area contributed by atoms with Gasteiger partial charge in [0, 0.05) is 41.4 Å². The Bertz CT molecular complexity index is 1280. The van der Waals surface area contributed by atoms with Crippen LogP contribution in [0, 0.1) is 5.92 Å². The van der Waals surface area contributed by atoms with Crippen LogP contribution in [0.25, 0.3) is 10.2 Å². The standard InChI is InChI=1S/C24H29BrN4O2S2/c1-15(2)22-26-23(21-19-9-4-16(3)14-20(19)32-24(21)27-22)28-10-12-29(13-11-28)33(30,31)18-7-5-17(25)6-8-18/h5-8,15-16H,4,9-14H2,1-3H3. The number of rotatable bonds is 4. The molecule has 1 saturated heterocycles. The van der Waals surface area contributed by atoms with Gasteiger partial charge in [-0.25, -0.2) is 18.4 Å². The van der Waals surface area contributed by atoms with Gasteiger partial charge < -0.3 is 4.90 Å². The van der Waals surface area contributed by atoms with Crippen molar-refractivity contribution in [1.82, 2.24) is 14.3 Å². The van der Waals surface area contributed by atoms with Gasteiger partial charge in [-0.15, -0.1) is 11.3 Å². The van der Waals surface area contributed by atoms with Crippen LogP contribution < -0.4 is 4.90 Å². The molecule has 0 N–H and O–H groups in total. The lowest BCUT2D eigenvalue weighted by atomic mass is 9.89. The van der Waals surface area contributed by atoms with E-state index in [4.69, 9.17) is 9.97 Å². The molecule has 1 aromatic carbocycles. The highest BCUT2D eigenvalue weighted by atomic mass is 79.9. The van der Waals surface area contributed by atoms with Gasteiger partial charge >= 0.3 is 0 Å². The van der Waals surface area contributed by atoms with E-state index in [2.05, 4.69) is 41.6 Å². The van der Waals surface area contributed by atoms with E-state index in [1.54, 1.807) is 28.6 Å². The van der Waals surface area contributed by atoms with Crippen molar-refractivity contribution in [2.24, 2.45) is 5.92 Å². The van der Waals surface area contributed by atoms with E-state index >= 15 is 0 Å². The lowest BCUT2D eigenvalue weighted by molar-refractivity contribution is 0.384. The maximum Gasteiger partial charge on any atom is 0.243 e. The zero-order chi connectivity index (χ0) is 23.3. The number of benzene rings is 1. The molecule has 0 saturated carbocycles. The first kappa shape index (κ1) is 23.2. The molecule has 3 heterocycles. The highest BCUT2D eigenvalue weighted by Crippen LogP contribution is 2.41. The second-order valence-electron chi connectivity index (χ2n) is 9.44. The van der Waals surface area contributed by atoms with Gasteiger partial charge in [0.05, 0.1) is 10.3 Å². The number of nitrogens with zero attached hydrogens (tertiary/aromatic N) is 4. The summed E-state index contributed by atoms with van der Waals surface area (Å²) in [6.45, 7) is 8.73. The molecule has 9 heteroatoms. The third-order valence-corrected chi connectivity index (χ3v) is 10.2. The second-order valence-corrected chi connectivity index (χ2v) is 13.4. The van der Waals surface area contributed by atoms with Crippen LogP contribution >= 0.6 is 27.3 Å². The minimum absolute atomic E-state index is 0.241. The second kappa shape index (κ2) is 8.91. The minimum atomic E-state index is -3.50. The lowest BCUT2D eigenvalue weighted by Gasteiger charge is -2.35. The van der Waals surface area contributed by atoms with Crippen molar-refractivity contribution in [3.05, 3.63) is 45.0 Å². The fourth-order valence-corrected chi connectivity index (χ4v) is 7.79. The van der Waals surface area contributed by atoms with Gasteiger partial charge in [0.25, 0.3) is 0 Å². The van der Waals surface area contributed by atoms with Crippen molar-refractivity contribution in [2.45, 2.75) is 50.8 Å². The number of piperazine rings is 1. The van der Waals surface area contributed by atoms with E-state index in [0.29, 0.717) is 37.0 Å². The molecule has 2 aromatic heterocycles. The van der Waals surface area contributed by atoms with Crippen LogP contribution in [0.4, 0.5) is 5.82 Å². The molecule has 1 atom stereocenters. The lowest BCUT2D eigenvalue weighted by Crippen LogP contribution is -2.49. The maximum absolute atomic E-state index is 13.1. The van der Waals surface area contributed by atoms with Crippen LogP contribution in [-0.4, -0.2) is 48.9 Å². The number of anilines is 1. The zero-order valence-corrected chi connectivity index (χ0v) is 22.4. The maximum atomic E-state index is 13.1. The third-order valence-electron chi connectivity index (χ3n) is 6.66. The Labute approximate surface area is 208 Å². The number of halogens is 1. The van der Waals surface area contributed by atoms with E-state index in [1.807, 2.05) is 11.3 Å². The van der Waals surface area contributed by atoms with Crippen molar-refractivity contribution in [2.75, 3.05) is 31.1 Å². The van der Waals surface area contributed by atoms with Gasteiger partial charge in [-0.2, -0.15) is 4.31 Å². The van der Waals surface area contributed by atoms with Crippen LogP contribution in [0.2, 0.25) is 0 Å². The number of fused-ring (bicyclic) bond motifs is 3. The van der Waals surface area contributed by atoms with Crippen LogP contribution in [0.5, 0.6) is 0 Å². The zero-order valence-electron chi connectivity index (χ0n) is 19.2. The van der Waals surface area contributed by atoms with Gasteiger partial charge in [0.1, 0.15) is 16.5 Å². The predicted octanol–water partition coefficient (Wildman–Crippen LogP) is 5.21. The average molecular weight is 550 g/mol. The van der Waals surface area contributed by atoms with Crippen molar-refractivity contribution in [3.63, 3.8) is 0 Å². The van der Waals surface area contributed by atoms with Gasteiger partial charge in [-0.3, -0.25) is 0 Å². The Hall–Kier alpha value is -1.55. The fraction of sp³-hybridized carbons (Fsp3) is 0.500. The monoisotopic (exact) mass is 548 g/mol. The summed E-state index contributed by atoms with van der Waals surface area (Å²) in [6, 6.07) is 6.87. The quantitative estimate of drug-likeness (QED) is 0.447. The summed E-state index contributed by atoms with van der Waals surface area (Å²) in [7, 11) is -3.50. The summed E-state index contributed by atoms with van der Waals surface area (Å²) in [5.41, 5.74) is 1.42. The Morgan fingerprint density at radius 2 is 1.79 bits per heavy atom. The molecule has 1 aliphatic heterocycles. The Morgan fingerprint density at radius 3 is 2.45 bits per heavy atom. The average Bonchev–Trinajstić information content (AvgIpc) is 3.16. The highest BCUT2D eigenvalue weighted by molar-refractivity contribution is 9.10. The van der Waals surface area contributed by atoms with Gasteiger partial charge in [0.2, 0.25) is 10.0 Å². The van der Waals surface area contributed by atoms with Crippen molar-refractivity contribution in [3.8, 4) is 0 Å². The number of hydrogen-bond acceptors (Lipinski definition) is 6. The summed E-state index contributed by atoms with van der Waals surface area (Å²) >= 11 is 5.21. The Balaban J connectivity index is 1.46. The van der Waals surface area contributed by atoms with Gasteiger partial charge in [-0.05, 0) is 55.0 Å². The molecule has 1 aliphatic carbocycles. The highest BCUT2D eigenvalue weighted by Gasteiger charge is 2.31. The smallest absolute Gasteiger partial charge is 0.243 e. The molecule has 0 amide bonds. The van der Waals surface area contributed by atoms with Gasteiger partial charge in [0.15, 0.2) is 0 Å². The molecule has 0 bridgehead atoms. The fourth-order valence-electron chi connectivity index (χ4n) is 4.72. The molecule has 5 rings (SSSR count). The first-order valence-electron chi connectivity index (χ1n) is 11.6. The number of hydrogen-bond donors (Lipinski definition) is 0. The molecule has 6 nitrogen and oxygen atoms in total. The molecule has 1 unspecified atom stereocenters. The molecule has 33 heavy (non-hydrogen) atoms. The van der Waals surface area contributed by atoms with Crippen LogP contribution in [0.3, 0.4) is 0 Å². The topological polar surface area (TPSA) is 66.4 Å². The SMILES string of the molecule is CC1CCc2c(sc3nc(C(C)C)nc(N4CCN(S(=O)(=O)c5ccc(Br)cc5)CC4)c23)C1. The normalized spacial score (nSPS) is 19.9. The molecular formula is C24H29BrN4O2S2. The van der Waals surface area contributed by atoms with E-state index in [0.717, 1.165) is 33.8 Å². The van der Waals surface area contributed by atoms with Crippen molar-refractivity contribution < 1.29 is 8.42 Å². The summed E-state index contributed by atoms with van der Waals surface area (Å²) in [5.74, 6) is 2.81. The molecule has 1 fully saturated rings. The number of sulfonamides is 1. The number of aromatic nitrogens is 2. The first-order valence-corrected chi connectivity index (χ1v) is 14.6.